The smallest absolute Gasteiger partial charge is 0.0216 e. The van der Waals surface area contributed by atoms with Gasteiger partial charge in [-0.1, -0.05) is 36.4 Å². The first kappa shape index (κ1) is 6.20. The summed E-state index contributed by atoms with van der Waals surface area (Å²) in [6, 6.07) is 13.3. The van der Waals surface area contributed by atoms with Gasteiger partial charge in [0.05, 0.1) is 0 Å². The maximum absolute atomic E-state index is 2.32. The van der Waals surface area contributed by atoms with Gasteiger partial charge in [0.25, 0.3) is 0 Å². The van der Waals surface area contributed by atoms with Crippen LogP contribution in [0.1, 0.15) is 24.0 Å². The molecule has 2 aromatic rings. The molecule has 0 N–H and O–H groups in total. The summed E-state index contributed by atoms with van der Waals surface area (Å²) in [7, 11) is 0. The van der Waals surface area contributed by atoms with Crippen molar-refractivity contribution in [2.75, 3.05) is 0 Å². The molecule has 0 heteroatoms. The van der Waals surface area contributed by atoms with Gasteiger partial charge in [-0.05, 0) is 34.7 Å². The van der Waals surface area contributed by atoms with Gasteiger partial charge in [-0.25, -0.2) is 0 Å². The standard InChI is InChI=1S/C13H10/c1-2-4-10-9(3-1)5-6-11-12(10)13(11)7-8-13/h1-6H,7-8H2. The van der Waals surface area contributed by atoms with E-state index in [2.05, 4.69) is 36.4 Å². The lowest BCUT2D eigenvalue weighted by molar-refractivity contribution is 1.08. The zero-order chi connectivity index (χ0) is 8.47. The highest BCUT2D eigenvalue weighted by Gasteiger charge is 2.60. The van der Waals surface area contributed by atoms with Crippen molar-refractivity contribution < 1.29 is 0 Å². The first-order chi connectivity index (χ1) is 6.42. The van der Waals surface area contributed by atoms with E-state index < -0.39 is 0 Å². The largest absolute Gasteiger partial charge is 0.0616 e. The minimum absolute atomic E-state index is 0.586. The average Bonchev–Trinajstić information content (AvgIpc) is 3.08. The summed E-state index contributed by atoms with van der Waals surface area (Å²) >= 11 is 0. The van der Waals surface area contributed by atoms with Crippen LogP contribution in [0.25, 0.3) is 10.8 Å². The Kier molecular flexibility index (Phi) is 0.787. The van der Waals surface area contributed by atoms with E-state index in [1.54, 1.807) is 11.1 Å². The van der Waals surface area contributed by atoms with Crippen molar-refractivity contribution in [3.05, 3.63) is 47.5 Å². The first-order valence-electron chi connectivity index (χ1n) is 4.95. The van der Waals surface area contributed by atoms with E-state index in [0.717, 1.165) is 0 Å². The predicted octanol–water partition coefficient (Wildman–Crippen LogP) is 3.23. The van der Waals surface area contributed by atoms with Crippen LogP contribution >= 0.6 is 0 Å². The van der Waals surface area contributed by atoms with Crippen molar-refractivity contribution in [1.82, 2.24) is 0 Å². The van der Waals surface area contributed by atoms with Crippen LogP contribution in [0.15, 0.2) is 36.4 Å². The van der Waals surface area contributed by atoms with E-state index in [1.807, 2.05) is 0 Å². The van der Waals surface area contributed by atoms with Gasteiger partial charge in [-0.2, -0.15) is 0 Å². The molecule has 2 aromatic carbocycles. The van der Waals surface area contributed by atoms with Crippen LogP contribution in [0.3, 0.4) is 0 Å². The Bertz CT molecular complexity index is 519. The van der Waals surface area contributed by atoms with Crippen molar-refractivity contribution in [3.63, 3.8) is 0 Å². The molecule has 0 amide bonds. The van der Waals surface area contributed by atoms with Gasteiger partial charge < -0.3 is 0 Å². The molecule has 0 radical (unpaired) electrons. The van der Waals surface area contributed by atoms with Gasteiger partial charge >= 0.3 is 0 Å². The molecule has 0 heterocycles. The second-order valence-electron chi connectivity index (χ2n) is 4.29. The molecule has 0 aromatic heterocycles. The summed E-state index contributed by atoms with van der Waals surface area (Å²) in [5.41, 5.74) is 3.88. The molecule has 1 fully saturated rings. The predicted molar refractivity (Wildman–Crippen MR) is 54.0 cm³/mol. The Morgan fingerprint density at radius 1 is 0.923 bits per heavy atom. The lowest BCUT2D eigenvalue weighted by atomic mass is 10.1. The van der Waals surface area contributed by atoms with Crippen LogP contribution in [0.2, 0.25) is 0 Å². The van der Waals surface area contributed by atoms with Crippen LogP contribution < -0.4 is 0 Å². The van der Waals surface area contributed by atoms with Crippen LogP contribution in [0.4, 0.5) is 0 Å². The molecule has 1 saturated carbocycles. The SMILES string of the molecule is c1ccc2c3c(ccc2c1)C31CC1. The van der Waals surface area contributed by atoms with Crippen LogP contribution in [0.5, 0.6) is 0 Å². The fourth-order valence-corrected chi connectivity index (χ4v) is 2.72. The zero-order valence-corrected chi connectivity index (χ0v) is 7.38. The zero-order valence-electron chi connectivity index (χ0n) is 7.38. The molecule has 0 unspecified atom stereocenters. The van der Waals surface area contributed by atoms with E-state index in [1.165, 1.54) is 23.6 Å². The van der Waals surface area contributed by atoms with Crippen molar-refractivity contribution in [2.45, 2.75) is 18.3 Å². The van der Waals surface area contributed by atoms with E-state index in [9.17, 15) is 0 Å². The molecule has 13 heavy (non-hydrogen) atoms. The molecule has 0 bridgehead atoms. The maximum Gasteiger partial charge on any atom is 0.0216 e. The number of rotatable bonds is 0. The van der Waals surface area contributed by atoms with Gasteiger partial charge in [0.2, 0.25) is 0 Å². The number of hydrogen-bond donors (Lipinski definition) is 0. The summed E-state index contributed by atoms with van der Waals surface area (Å²) in [5.74, 6) is 0. The fraction of sp³-hybridized carbons (Fsp3) is 0.231. The molecule has 4 rings (SSSR count). The number of fused-ring (bicyclic) bond motifs is 5. The van der Waals surface area contributed by atoms with Gasteiger partial charge in [0.15, 0.2) is 0 Å². The van der Waals surface area contributed by atoms with Crippen LogP contribution in [-0.4, -0.2) is 0 Å². The molecule has 0 aliphatic heterocycles. The monoisotopic (exact) mass is 166 g/mol. The minimum Gasteiger partial charge on any atom is -0.0616 e. The third-order valence-corrected chi connectivity index (χ3v) is 3.61. The number of hydrogen-bond acceptors (Lipinski definition) is 0. The Labute approximate surface area is 77.2 Å². The Balaban J connectivity index is 2.18. The molecule has 0 nitrogen and oxygen atoms in total. The minimum atomic E-state index is 0.586. The second-order valence-corrected chi connectivity index (χ2v) is 4.29. The lowest BCUT2D eigenvalue weighted by Crippen LogP contribution is -1.73. The van der Waals surface area contributed by atoms with Crippen molar-refractivity contribution in [3.8, 4) is 0 Å². The van der Waals surface area contributed by atoms with Gasteiger partial charge in [-0.3, -0.25) is 0 Å². The number of benzene rings is 2. The Hall–Kier alpha value is -1.30. The molecule has 2 aliphatic carbocycles. The third kappa shape index (κ3) is 0.570. The molecule has 0 atom stereocenters. The summed E-state index contributed by atoms with van der Waals surface area (Å²) in [5, 5.41) is 2.91. The first-order valence-corrected chi connectivity index (χ1v) is 4.95. The highest BCUT2D eigenvalue weighted by molar-refractivity contribution is 5.95. The Morgan fingerprint density at radius 2 is 1.77 bits per heavy atom. The normalized spacial score (nSPS) is 20.3. The molecule has 2 aliphatic rings. The lowest BCUT2D eigenvalue weighted by Gasteiger charge is -1.93. The topological polar surface area (TPSA) is 0 Å². The fourth-order valence-electron chi connectivity index (χ4n) is 2.72. The third-order valence-electron chi connectivity index (χ3n) is 3.61. The van der Waals surface area contributed by atoms with E-state index in [0.29, 0.717) is 5.41 Å². The summed E-state index contributed by atoms with van der Waals surface area (Å²) in [6.07, 6.45) is 2.80. The molecule has 62 valence electrons. The van der Waals surface area contributed by atoms with Crippen molar-refractivity contribution in [1.29, 1.82) is 0 Å². The highest BCUT2D eigenvalue weighted by Crippen LogP contribution is 2.68. The average molecular weight is 166 g/mol. The van der Waals surface area contributed by atoms with E-state index >= 15 is 0 Å². The second kappa shape index (κ2) is 1.65. The Morgan fingerprint density at radius 3 is 2.62 bits per heavy atom. The molecule has 1 spiro atoms. The maximum atomic E-state index is 2.32. The van der Waals surface area contributed by atoms with Gasteiger partial charge in [0.1, 0.15) is 0 Å². The van der Waals surface area contributed by atoms with E-state index in [-0.39, 0.29) is 0 Å². The van der Waals surface area contributed by atoms with Gasteiger partial charge in [0, 0.05) is 5.41 Å². The van der Waals surface area contributed by atoms with Crippen molar-refractivity contribution >= 4 is 10.8 Å². The summed E-state index contributed by atoms with van der Waals surface area (Å²) < 4.78 is 0. The van der Waals surface area contributed by atoms with Gasteiger partial charge in [-0.15, -0.1) is 0 Å². The summed E-state index contributed by atoms with van der Waals surface area (Å²) in [4.78, 5) is 0. The quantitative estimate of drug-likeness (QED) is 0.563. The molecule has 0 saturated heterocycles. The van der Waals surface area contributed by atoms with Crippen LogP contribution in [0, 0.1) is 0 Å². The molecular weight excluding hydrogens is 156 g/mol. The van der Waals surface area contributed by atoms with E-state index in [4.69, 9.17) is 0 Å². The summed E-state index contributed by atoms with van der Waals surface area (Å²) in [6.45, 7) is 0. The van der Waals surface area contributed by atoms with Crippen LogP contribution in [-0.2, 0) is 5.41 Å². The van der Waals surface area contributed by atoms with Crippen molar-refractivity contribution in [2.24, 2.45) is 0 Å². The molecular formula is C13H10. The highest BCUT2D eigenvalue weighted by atomic mass is 14.6.